The molecule has 1 atom stereocenters. The lowest BCUT2D eigenvalue weighted by molar-refractivity contribution is 0.410. The zero-order valence-electron chi connectivity index (χ0n) is 11.5. The molecule has 0 radical (unpaired) electrons. The quantitative estimate of drug-likeness (QED) is 0.733. The third kappa shape index (κ3) is 3.31. The Morgan fingerprint density at radius 3 is 3.14 bits per heavy atom. The molecule has 0 aliphatic carbocycles. The molecule has 1 fully saturated rings. The van der Waals surface area contributed by atoms with E-state index in [0.29, 0.717) is 6.54 Å². The van der Waals surface area contributed by atoms with Crippen LogP contribution < -0.4 is 14.8 Å². The third-order valence-corrected chi connectivity index (χ3v) is 4.29. The van der Waals surface area contributed by atoms with E-state index in [9.17, 15) is 8.42 Å². The predicted octanol–water partition coefficient (Wildman–Crippen LogP) is -0.0326. The van der Waals surface area contributed by atoms with E-state index >= 15 is 0 Å². The van der Waals surface area contributed by atoms with Crippen LogP contribution in [0.3, 0.4) is 0 Å². The van der Waals surface area contributed by atoms with Gasteiger partial charge in [-0.2, -0.15) is 8.42 Å². The number of rotatable bonds is 4. The molecule has 9 heteroatoms. The number of piperidine rings is 1. The average molecular weight is 310 g/mol. The number of fused-ring (bicyclic) bond motifs is 1. The van der Waals surface area contributed by atoms with Crippen molar-refractivity contribution in [1.82, 2.24) is 19.7 Å². The van der Waals surface area contributed by atoms with Crippen LogP contribution in [0.25, 0.3) is 11.0 Å². The summed E-state index contributed by atoms with van der Waals surface area (Å²) >= 11 is 0. The van der Waals surface area contributed by atoms with Crippen LogP contribution in [0.4, 0.5) is 5.82 Å². The number of aromatic nitrogens is 3. The number of anilines is 1. The highest BCUT2D eigenvalue weighted by Gasteiger charge is 2.23. The SMILES string of the molecule is NS(=O)(=O)NCC1CCCN(c2ncnc3[nH]ccc23)C1. The van der Waals surface area contributed by atoms with Gasteiger partial charge >= 0.3 is 0 Å². The third-order valence-electron chi connectivity index (χ3n) is 3.72. The maximum Gasteiger partial charge on any atom is 0.274 e. The van der Waals surface area contributed by atoms with Crippen LogP contribution in [0.2, 0.25) is 0 Å². The predicted molar refractivity (Wildman–Crippen MR) is 79.9 cm³/mol. The summed E-state index contributed by atoms with van der Waals surface area (Å²) in [6.45, 7) is 2.01. The van der Waals surface area contributed by atoms with Gasteiger partial charge in [0, 0.05) is 25.8 Å². The Bertz CT molecular complexity index is 728. The Hall–Kier alpha value is -1.71. The van der Waals surface area contributed by atoms with Gasteiger partial charge in [-0.05, 0) is 24.8 Å². The highest BCUT2D eigenvalue weighted by Crippen LogP contribution is 2.26. The van der Waals surface area contributed by atoms with Gasteiger partial charge in [-0.1, -0.05) is 0 Å². The van der Waals surface area contributed by atoms with Crippen molar-refractivity contribution in [3.8, 4) is 0 Å². The fourth-order valence-corrected chi connectivity index (χ4v) is 3.24. The molecule has 1 aliphatic rings. The lowest BCUT2D eigenvalue weighted by atomic mass is 9.98. The van der Waals surface area contributed by atoms with E-state index < -0.39 is 10.2 Å². The van der Waals surface area contributed by atoms with Crippen molar-refractivity contribution in [3.05, 3.63) is 18.6 Å². The molecule has 0 bridgehead atoms. The molecule has 3 heterocycles. The summed E-state index contributed by atoms with van der Waals surface area (Å²) in [4.78, 5) is 13.8. The molecule has 1 aliphatic heterocycles. The minimum atomic E-state index is -3.63. The molecule has 4 N–H and O–H groups in total. The topological polar surface area (TPSA) is 117 Å². The van der Waals surface area contributed by atoms with Crippen molar-refractivity contribution in [2.75, 3.05) is 24.5 Å². The van der Waals surface area contributed by atoms with Gasteiger partial charge in [-0.3, -0.25) is 0 Å². The first kappa shape index (κ1) is 14.2. The molecule has 3 rings (SSSR count). The Kier molecular flexibility index (Phi) is 3.79. The lowest BCUT2D eigenvalue weighted by Gasteiger charge is -2.33. The highest BCUT2D eigenvalue weighted by atomic mass is 32.2. The fourth-order valence-electron chi connectivity index (χ4n) is 2.77. The van der Waals surface area contributed by atoms with Gasteiger partial charge < -0.3 is 9.88 Å². The standard InChI is InChI=1S/C12H18N6O2S/c13-21(19,20)17-6-9-2-1-5-18(7-9)12-10-3-4-14-11(10)15-8-16-12/h3-4,8-9,17H,1-2,5-7H2,(H2,13,19,20)(H,14,15,16). The smallest absolute Gasteiger partial charge is 0.274 e. The summed E-state index contributed by atoms with van der Waals surface area (Å²) in [6.07, 6.45) is 5.35. The van der Waals surface area contributed by atoms with Crippen molar-refractivity contribution < 1.29 is 8.42 Å². The van der Waals surface area contributed by atoms with Crippen molar-refractivity contribution in [2.45, 2.75) is 12.8 Å². The van der Waals surface area contributed by atoms with Crippen LogP contribution in [0.15, 0.2) is 18.6 Å². The first-order valence-corrected chi connectivity index (χ1v) is 8.38. The number of nitrogens with zero attached hydrogens (tertiary/aromatic N) is 3. The zero-order chi connectivity index (χ0) is 14.9. The summed E-state index contributed by atoms with van der Waals surface area (Å²) in [5, 5.41) is 5.97. The molecule has 8 nitrogen and oxygen atoms in total. The summed E-state index contributed by atoms with van der Waals surface area (Å²) in [7, 11) is -3.63. The van der Waals surface area contributed by atoms with Gasteiger partial charge in [-0.25, -0.2) is 19.8 Å². The van der Waals surface area contributed by atoms with Crippen LogP contribution in [-0.2, 0) is 10.2 Å². The van der Waals surface area contributed by atoms with Crippen LogP contribution in [-0.4, -0.2) is 43.0 Å². The Balaban J connectivity index is 1.75. The van der Waals surface area contributed by atoms with Gasteiger partial charge in [-0.15, -0.1) is 0 Å². The Morgan fingerprint density at radius 1 is 1.48 bits per heavy atom. The molecule has 2 aromatic heterocycles. The van der Waals surface area contributed by atoms with E-state index in [2.05, 4.69) is 24.6 Å². The Labute approximate surface area is 122 Å². The molecule has 1 unspecified atom stereocenters. The molecule has 0 spiro atoms. The lowest BCUT2D eigenvalue weighted by Crippen LogP contribution is -2.42. The van der Waals surface area contributed by atoms with Crippen molar-refractivity contribution >= 4 is 27.1 Å². The highest BCUT2D eigenvalue weighted by molar-refractivity contribution is 7.87. The van der Waals surface area contributed by atoms with E-state index in [1.807, 2.05) is 12.3 Å². The first-order valence-electron chi connectivity index (χ1n) is 6.83. The van der Waals surface area contributed by atoms with Gasteiger partial charge in [0.05, 0.1) is 5.39 Å². The van der Waals surface area contributed by atoms with Crippen LogP contribution in [0, 0.1) is 5.92 Å². The van der Waals surface area contributed by atoms with E-state index in [1.165, 1.54) is 0 Å². The second kappa shape index (κ2) is 5.58. The van der Waals surface area contributed by atoms with Crippen LogP contribution >= 0.6 is 0 Å². The first-order chi connectivity index (χ1) is 10.0. The minimum absolute atomic E-state index is 0.223. The summed E-state index contributed by atoms with van der Waals surface area (Å²) in [6, 6.07) is 1.96. The largest absolute Gasteiger partial charge is 0.356 e. The Morgan fingerprint density at radius 2 is 2.33 bits per heavy atom. The summed E-state index contributed by atoms with van der Waals surface area (Å²) < 4.78 is 24.4. The van der Waals surface area contributed by atoms with Crippen molar-refractivity contribution in [2.24, 2.45) is 11.1 Å². The molecule has 0 aromatic carbocycles. The average Bonchev–Trinajstić information content (AvgIpc) is 2.93. The maximum atomic E-state index is 11.0. The molecule has 0 saturated carbocycles. The van der Waals surface area contributed by atoms with E-state index in [0.717, 1.165) is 42.8 Å². The van der Waals surface area contributed by atoms with Crippen LogP contribution in [0.1, 0.15) is 12.8 Å². The van der Waals surface area contributed by atoms with E-state index in [-0.39, 0.29) is 5.92 Å². The fraction of sp³-hybridized carbons (Fsp3) is 0.500. The number of nitrogens with two attached hydrogens (primary N) is 1. The second-order valence-corrected chi connectivity index (χ2v) is 6.66. The molecule has 1 saturated heterocycles. The minimum Gasteiger partial charge on any atom is -0.356 e. The van der Waals surface area contributed by atoms with Gasteiger partial charge in [0.15, 0.2) is 0 Å². The van der Waals surface area contributed by atoms with Gasteiger partial charge in [0.1, 0.15) is 17.8 Å². The van der Waals surface area contributed by atoms with Crippen molar-refractivity contribution in [3.63, 3.8) is 0 Å². The molecule has 2 aromatic rings. The number of aromatic amines is 1. The molecular weight excluding hydrogens is 292 g/mol. The summed E-state index contributed by atoms with van der Waals surface area (Å²) in [5.41, 5.74) is 0.810. The molecular formula is C12H18N6O2S. The number of H-pyrrole nitrogens is 1. The molecule has 21 heavy (non-hydrogen) atoms. The normalized spacial score (nSPS) is 20.0. The van der Waals surface area contributed by atoms with E-state index in [4.69, 9.17) is 5.14 Å². The van der Waals surface area contributed by atoms with Crippen LogP contribution in [0.5, 0.6) is 0 Å². The summed E-state index contributed by atoms with van der Waals surface area (Å²) in [5.74, 6) is 1.11. The number of hydrogen-bond donors (Lipinski definition) is 3. The number of hydrogen-bond acceptors (Lipinski definition) is 5. The van der Waals surface area contributed by atoms with E-state index in [1.54, 1.807) is 6.33 Å². The van der Waals surface area contributed by atoms with Gasteiger partial charge in [0.2, 0.25) is 0 Å². The zero-order valence-corrected chi connectivity index (χ0v) is 12.3. The molecule has 114 valence electrons. The van der Waals surface area contributed by atoms with Crippen molar-refractivity contribution in [1.29, 1.82) is 0 Å². The maximum absolute atomic E-state index is 11.0. The number of nitrogens with one attached hydrogen (secondary N) is 2. The monoisotopic (exact) mass is 310 g/mol. The van der Waals surface area contributed by atoms with Gasteiger partial charge in [0.25, 0.3) is 10.2 Å². The molecule has 0 amide bonds. The second-order valence-electron chi connectivity index (χ2n) is 5.28.